The fourth-order valence-corrected chi connectivity index (χ4v) is 7.46. The summed E-state index contributed by atoms with van der Waals surface area (Å²) in [5, 5.41) is 0. The molecule has 0 bridgehead atoms. The molecule has 178 valence electrons. The molecule has 1 aliphatic rings. The van der Waals surface area contributed by atoms with Crippen LogP contribution in [-0.4, -0.2) is 51.8 Å². The molecule has 2 rings (SSSR count). The largest absolute Gasteiger partial charge is 0.490 e. The predicted octanol–water partition coefficient (Wildman–Crippen LogP) is -0.126. The van der Waals surface area contributed by atoms with Gasteiger partial charge in [0.25, 0.3) is 0 Å². The summed E-state index contributed by atoms with van der Waals surface area (Å²) in [5.41, 5.74) is 3.70. The van der Waals surface area contributed by atoms with Gasteiger partial charge >= 0.3 is 37.0 Å². The molecule has 0 aromatic carbocycles. The number of hydrogen-bond acceptors (Lipinski definition) is 13. The Morgan fingerprint density at radius 1 is 1.10 bits per heavy atom. The van der Waals surface area contributed by atoms with Crippen LogP contribution in [0.5, 0.6) is 0 Å². The van der Waals surface area contributed by atoms with Crippen LogP contribution in [0.2, 0.25) is 0 Å². The molecular weight excluding hydrogens is 534 g/mol. The van der Waals surface area contributed by atoms with Crippen LogP contribution in [0.4, 0.5) is 5.82 Å². The van der Waals surface area contributed by atoms with Gasteiger partial charge in [0, 0.05) is 11.9 Å². The van der Waals surface area contributed by atoms with Crippen molar-refractivity contribution < 1.29 is 64.9 Å². The number of ether oxygens (including phenoxy) is 1. The Kier molecular flexibility index (Phi) is 8.48. The first kappa shape index (κ1) is 26.8. The van der Waals surface area contributed by atoms with Gasteiger partial charge < -0.3 is 34.9 Å². The summed E-state index contributed by atoms with van der Waals surface area (Å²) >= 11 is 1.03. The van der Waals surface area contributed by atoms with E-state index in [1.165, 1.54) is 12.3 Å². The first-order valence-electron chi connectivity index (χ1n) is 7.41. The van der Waals surface area contributed by atoms with Crippen molar-refractivity contribution in [1.82, 2.24) is 9.55 Å². The van der Waals surface area contributed by atoms with Crippen molar-refractivity contribution in [2.75, 3.05) is 18.1 Å². The monoisotopic (exact) mass is 549 g/mol. The highest BCUT2D eigenvalue weighted by molar-refractivity contribution is 8.00. The molecule has 3 unspecified atom stereocenters. The number of phosphoric ester groups is 1. The average molecular weight is 549 g/mol. The molecule has 5 atom stereocenters. The van der Waals surface area contributed by atoms with Gasteiger partial charge in [0.2, 0.25) is 0 Å². The van der Waals surface area contributed by atoms with Gasteiger partial charge in [-0.25, -0.2) is 23.1 Å². The summed E-state index contributed by atoms with van der Waals surface area (Å²) in [5.74, 6) is 0.171. The highest BCUT2D eigenvalue weighted by atomic mass is 32.2. The molecule has 1 aliphatic heterocycles. The fraction of sp³-hybridized carbons (Fsp3) is 0.500. The molecule has 7 N–H and O–H groups in total. The second-order valence-corrected chi connectivity index (χ2v) is 12.5. The molecule has 23 heteroatoms. The lowest BCUT2D eigenvalue weighted by atomic mass is 10.5. The highest BCUT2D eigenvalue weighted by Gasteiger charge is 2.45. The Morgan fingerprint density at radius 2 is 1.68 bits per heavy atom. The first-order valence-corrected chi connectivity index (χ1v) is 14.5. The minimum atomic E-state index is -5.89. The molecular formula is C8H15N3O15P4S. The van der Waals surface area contributed by atoms with Gasteiger partial charge in [-0.1, -0.05) is 0 Å². The van der Waals surface area contributed by atoms with E-state index >= 15 is 0 Å². The topological polar surface area (TPSA) is 276 Å². The van der Waals surface area contributed by atoms with E-state index in [0.29, 0.717) is 0 Å². The molecule has 0 radical (unpaired) electrons. The Hall–Kier alpha value is -0.450. The van der Waals surface area contributed by atoms with Crippen LogP contribution in [0.3, 0.4) is 0 Å². The van der Waals surface area contributed by atoms with Crippen LogP contribution in [0.15, 0.2) is 17.1 Å². The van der Waals surface area contributed by atoms with Gasteiger partial charge in [0.05, 0.1) is 6.61 Å². The third kappa shape index (κ3) is 9.14. The second kappa shape index (κ2) is 9.81. The number of nitrogens with two attached hydrogens (primary N) is 1. The second-order valence-electron chi connectivity index (χ2n) is 5.33. The number of hydrogen-bond donors (Lipinski definition) is 6. The molecule has 1 fully saturated rings. The number of anilines is 1. The van der Waals surface area contributed by atoms with Crippen LogP contribution in [0.1, 0.15) is 6.23 Å². The van der Waals surface area contributed by atoms with Crippen LogP contribution in [-0.2, 0) is 40.5 Å². The maximum Gasteiger partial charge on any atom is 0.490 e. The summed E-state index contributed by atoms with van der Waals surface area (Å²) in [6.45, 7) is -0.720. The molecule has 0 spiro atoms. The van der Waals surface area contributed by atoms with E-state index in [2.05, 4.69) is 22.4 Å². The molecule has 18 nitrogen and oxygen atoms in total. The fourth-order valence-electron chi connectivity index (χ4n) is 1.93. The zero-order chi connectivity index (χ0) is 23.7. The number of nitrogens with zero attached hydrogens (tertiary/aromatic N) is 2. The SMILES string of the molecule is Nc1ccn([C@@H]2CS[C@H](COP(=O)(O)OP(=O)(O)OP(=O)(O)OP(=O)(O)O)O2)c(=O)n1. The number of aromatic nitrogens is 2. The lowest BCUT2D eigenvalue weighted by molar-refractivity contribution is -0.00646. The van der Waals surface area contributed by atoms with Crippen molar-refractivity contribution in [2.45, 2.75) is 11.7 Å². The lowest BCUT2D eigenvalue weighted by Gasteiger charge is -2.19. The normalized spacial score (nSPS) is 25.5. The van der Waals surface area contributed by atoms with Gasteiger partial charge in [0.1, 0.15) is 17.5 Å². The smallest absolute Gasteiger partial charge is 0.383 e. The summed E-state index contributed by atoms with van der Waals surface area (Å²) in [4.78, 5) is 59.8. The van der Waals surface area contributed by atoms with Crippen molar-refractivity contribution in [3.63, 3.8) is 0 Å². The van der Waals surface area contributed by atoms with Crippen molar-refractivity contribution in [3.8, 4) is 0 Å². The predicted molar refractivity (Wildman–Crippen MR) is 100 cm³/mol. The van der Waals surface area contributed by atoms with Crippen LogP contribution < -0.4 is 11.4 Å². The van der Waals surface area contributed by atoms with Crippen molar-refractivity contribution in [3.05, 3.63) is 22.7 Å². The van der Waals surface area contributed by atoms with Gasteiger partial charge in [-0.15, -0.1) is 11.8 Å². The number of nitrogen functional groups attached to an aromatic ring is 1. The maximum atomic E-state index is 11.8. The number of phosphoric acid groups is 4. The molecule has 0 aliphatic carbocycles. The maximum absolute atomic E-state index is 11.8. The molecule has 0 amide bonds. The van der Waals surface area contributed by atoms with Crippen molar-refractivity contribution in [2.24, 2.45) is 0 Å². The number of thioether (sulfide) groups is 1. The van der Waals surface area contributed by atoms with E-state index in [4.69, 9.17) is 25.2 Å². The van der Waals surface area contributed by atoms with E-state index in [1.807, 2.05) is 0 Å². The summed E-state index contributed by atoms with van der Waals surface area (Å²) in [6, 6.07) is 1.34. The Labute approximate surface area is 176 Å². The highest BCUT2D eigenvalue weighted by Crippen LogP contribution is 2.70. The summed E-state index contributed by atoms with van der Waals surface area (Å²) < 4.78 is 66.5. The zero-order valence-corrected chi connectivity index (χ0v) is 19.1. The molecule has 1 aromatic heterocycles. The van der Waals surface area contributed by atoms with Crippen LogP contribution in [0.25, 0.3) is 0 Å². The zero-order valence-electron chi connectivity index (χ0n) is 14.7. The third-order valence-corrected chi connectivity index (χ3v) is 9.44. The minimum absolute atomic E-state index is 0.0144. The van der Waals surface area contributed by atoms with Gasteiger partial charge in [-0.3, -0.25) is 9.09 Å². The average Bonchev–Trinajstić information content (AvgIpc) is 2.96. The molecule has 1 saturated heterocycles. The molecule has 2 heterocycles. The van der Waals surface area contributed by atoms with Gasteiger partial charge in [-0.2, -0.15) is 17.9 Å². The minimum Gasteiger partial charge on any atom is -0.383 e. The van der Waals surface area contributed by atoms with E-state index in [-0.39, 0.29) is 11.6 Å². The standard InChI is InChI=1S/C8H15N3O15P4S/c9-5-1-2-11(8(12)10-5)6-4-31-7(23-6)3-22-28(16,17)25-30(20,21)26-29(18,19)24-27(13,14)15/h1-2,6-7H,3-4H2,(H,16,17)(H,18,19)(H,20,21)(H2,9,10,12)(H2,13,14,15)/t6-,7+/m0/s1. The van der Waals surface area contributed by atoms with Gasteiger partial charge in [0.15, 0.2) is 0 Å². The van der Waals surface area contributed by atoms with E-state index < -0.39 is 55.3 Å². The van der Waals surface area contributed by atoms with E-state index in [9.17, 15) is 32.8 Å². The summed E-state index contributed by atoms with van der Waals surface area (Å²) in [7, 11) is -22.8. The molecule has 1 aromatic rings. The van der Waals surface area contributed by atoms with Crippen molar-refractivity contribution in [1.29, 1.82) is 0 Å². The van der Waals surface area contributed by atoms with E-state index in [1.54, 1.807) is 0 Å². The molecule has 0 saturated carbocycles. The number of rotatable bonds is 10. The summed E-state index contributed by atoms with van der Waals surface area (Å²) in [6.07, 6.45) is 0.473. The third-order valence-electron chi connectivity index (χ3n) is 2.89. The van der Waals surface area contributed by atoms with Gasteiger partial charge in [-0.05, 0) is 6.07 Å². The Balaban J connectivity index is 1.92. The molecule has 31 heavy (non-hydrogen) atoms. The van der Waals surface area contributed by atoms with E-state index in [0.717, 1.165) is 16.3 Å². The van der Waals surface area contributed by atoms with Crippen molar-refractivity contribution >= 4 is 48.9 Å². The quantitative estimate of drug-likeness (QED) is 0.207. The van der Waals surface area contributed by atoms with Crippen LogP contribution in [0, 0.1) is 0 Å². The lowest BCUT2D eigenvalue weighted by Crippen LogP contribution is -2.28. The Morgan fingerprint density at radius 3 is 2.26 bits per heavy atom. The Bertz CT molecular complexity index is 1060. The van der Waals surface area contributed by atoms with Crippen LogP contribution >= 0.6 is 43.1 Å². The first-order chi connectivity index (χ1) is 14.0.